The average Bonchev–Trinajstić information content (AvgIpc) is 2.17. The van der Waals surface area contributed by atoms with Crippen molar-refractivity contribution in [3.8, 4) is 0 Å². The van der Waals surface area contributed by atoms with Gasteiger partial charge in [-0.1, -0.05) is 0 Å². The van der Waals surface area contributed by atoms with Crippen LogP contribution >= 0.6 is 0 Å². The second-order valence-corrected chi connectivity index (χ2v) is 3.40. The van der Waals surface area contributed by atoms with Gasteiger partial charge in [-0.15, -0.1) is 0 Å². The summed E-state index contributed by atoms with van der Waals surface area (Å²) in [6.45, 7) is 5.35. The molecule has 76 valence electrons. The van der Waals surface area contributed by atoms with Crippen molar-refractivity contribution in [2.45, 2.75) is 0 Å². The van der Waals surface area contributed by atoms with Crippen molar-refractivity contribution in [2.75, 3.05) is 53.9 Å². The third kappa shape index (κ3) is 3.32. The van der Waals surface area contributed by atoms with E-state index in [1.54, 1.807) is 14.2 Å². The van der Waals surface area contributed by atoms with Crippen molar-refractivity contribution in [1.82, 2.24) is 9.80 Å². The minimum atomic E-state index is 0.824. The maximum absolute atomic E-state index is 5.12. The van der Waals surface area contributed by atoms with E-state index in [1.807, 2.05) is 0 Å². The summed E-state index contributed by atoms with van der Waals surface area (Å²) in [6.07, 6.45) is 0. The van der Waals surface area contributed by atoms with Crippen molar-refractivity contribution in [2.24, 2.45) is 4.99 Å². The van der Waals surface area contributed by atoms with Crippen molar-refractivity contribution < 1.29 is 4.74 Å². The highest BCUT2D eigenvalue weighted by Crippen LogP contribution is 1.99. The van der Waals surface area contributed by atoms with Crippen LogP contribution in [-0.4, -0.2) is 69.6 Å². The Kier molecular flexibility index (Phi) is 4.18. The molecule has 0 radical (unpaired) electrons. The van der Waals surface area contributed by atoms with Gasteiger partial charge in [0, 0.05) is 33.2 Å². The molecule has 0 aromatic heterocycles. The smallest absolute Gasteiger partial charge is 0.197 e. The van der Waals surface area contributed by atoms with Gasteiger partial charge in [-0.3, -0.25) is 9.89 Å². The van der Waals surface area contributed by atoms with Gasteiger partial charge in [0.05, 0.1) is 13.7 Å². The zero-order valence-corrected chi connectivity index (χ0v) is 8.79. The molecular formula is C9H19N3O. The molecule has 0 atom stereocenters. The Balaban J connectivity index is 2.29. The molecular weight excluding hydrogens is 166 g/mol. The Morgan fingerprint density at radius 1 is 1.31 bits per heavy atom. The molecule has 0 bridgehead atoms. The monoisotopic (exact) mass is 185 g/mol. The van der Waals surface area contributed by atoms with Crippen LogP contribution < -0.4 is 0 Å². The fourth-order valence-electron chi connectivity index (χ4n) is 1.42. The van der Waals surface area contributed by atoms with Gasteiger partial charge in [0.15, 0.2) is 5.90 Å². The molecule has 0 spiro atoms. The molecule has 1 saturated heterocycles. The summed E-state index contributed by atoms with van der Waals surface area (Å²) in [5.41, 5.74) is 0. The molecule has 0 unspecified atom stereocenters. The molecule has 0 saturated carbocycles. The third-order valence-electron chi connectivity index (χ3n) is 2.44. The van der Waals surface area contributed by atoms with E-state index in [9.17, 15) is 0 Å². The van der Waals surface area contributed by atoms with Crippen LogP contribution in [0.4, 0.5) is 0 Å². The third-order valence-corrected chi connectivity index (χ3v) is 2.44. The Hall–Kier alpha value is -0.610. The van der Waals surface area contributed by atoms with Crippen LogP contribution in [0.3, 0.4) is 0 Å². The van der Waals surface area contributed by atoms with Crippen LogP contribution in [0, 0.1) is 0 Å². The second kappa shape index (κ2) is 5.19. The molecule has 1 heterocycles. The van der Waals surface area contributed by atoms with Gasteiger partial charge in [0.1, 0.15) is 0 Å². The van der Waals surface area contributed by atoms with E-state index in [-0.39, 0.29) is 0 Å². The first-order valence-electron chi connectivity index (χ1n) is 4.67. The van der Waals surface area contributed by atoms with Gasteiger partial charge in [0.2, 0.25) is 0 Å². The maximum atomic E-state index is 5.12. The highest BCUT2D eigenvalue weighted by Gasteiger charge is 2.15. The maximum Gasteiger partial charge on any atom is 0.197 e. The molecule has 0 N–H and O–H groups in total. The second-order valence-electron chi connectivity index (χ2n) is 3.40. The fourth-order valence-corrected chi connectivity index (χ4v) is 1.42. The summed E-state index contributed by atoms with van der Waals surface area (Å²) >= 11 is 0. The Morgan fingerprint density at radius 3 is 2.38 bits per heavy atom. The quantitative estimate of drug-likeness (QED) is 0.444. The molecule has 0 aromatic rings. The lowest BCUT2D eigenvalue weighted by Gasteiger charge is -2.32. The zero-order chi connectivity index (χ0) is 9.68. The summed E-state index contributed by atoms with van der Waals surface area (Å²) in [7, 11) is 5.61. The first kappa shape index (κ1) is 10.5. The van der Waals surface area contributed by atoms with Gasteiger partial charge >= 0.3 is 0 Å². The van der Waals surface area contributed by atoms with Crippen LogP contribution in [0.1, 0.15) is 0 Å². The van der Waals surface area contributed by atoms with Crippen LogP contribution in [0.2, 0.25) is 0 Å². The number of piperazine rings is 1. The number of methoxy groups -OCH3 is 1. The summed E-state index contributed by atoms with van der Waals surface area (Å²) in [4.78, 5) is 8.77. The molecule has 0 aliphatic carbocycles. The van der Waals surface area contributed by atoms with Crippen molar-refractivity contribution in [3.63, 3.8) is 0 Å². The molecule has 1 aliphatic rings. The van der Waals surface area contributed by atoms with Crippen LogP contribution in [-0.2, 0) is 4.74 Å². The normalized spacial score (nSPS) is 21.9. The number of nitrogens with zero attached hydrogens (tertiary/aromatic N) is 3. The number of ether oxygens (including phenoxy) is 1. The molecule has 0 aromatic carbocycles. The van der Waals surface area contributed by atoms with Crippen LogP contribution in [0.5, 0.6) is 0 Å². The molecule has 1 rings (SSSR count). The summed E-state index contributed by atoms with van der Waals surface area (Å²) in [5.74, 6) is 0.824. The summed E-state index contributed by atoms with van der Waals surface area (Å²) < 4.78 is 5.12. The predicted octanol–water partition coefficient (Wildman–Crippen LogP) is -0.0915. The molecule has 1 aliphatic heterocycles. The molecule has 4 heteroatoms. The Bertz CT molecular complexity index is 174. The largest absolute Gasteiger partial charge is 0.483 e. The summed E-state index contributed by atoms with van der Waals surface area (Å²) in [5, 5.41) is 0. The molecule has 13 heavy (non-hydrogen) atoms. The Morgan fingerprint density at radius 2 is 1.92 bits per heavy atom. The lowest BCUT2D eigenvalue weighted by molar-refractivity contribution is 0.163. The molecule has 0 amide bonds. The van der Waals surface area contributed by atoms with Crippen LogP contribution in [0.25, 0.3) is 0 Å². The standard InChI is InChI=1S/C9H19N3O/c1-10-9(13-3)8-12-6-4-11(2)5-7-12/h4-8H2,1-3H3/b10-9-. The minimum Gasteiger partial charge on any atom is -0.483 e. The average molecular weight is 185 g/mol. The predicted molar refractivity (Wildman–Crippen MR) is 54.3 cm³/mol. The van der Waals surface area contributed by atoms with E-state index < -0.39 is 0 Å². The summed E-state index contributed by atoms with van der Waals surface area (Å²) in [6, 6.07) is 0. The van der Waals surface area contributed by atoms with Gasteiger partial charge in [-0.2, -0.15) is 0 Å². The highest BCUT2D eigenvalue weighted by molar-refractivity contribution is 5.77. The van der Waals surface area contributed by atoms with Crippen LogP contribution in [0.15, 0.2) is 4.99 Å². The first-order chi connectivity index (χ1) is 6.26. The van der Waals surface area contributed by atoms with E-state index >= 15 is 0 Å². The number of rotatable bonds is 2. The number of aliphatic imine (C=N–C) groups is 1. The van der Waals surface area contributed by atoms with E-state index in [0.29, 0.717) is 0 Å². The van der Waals surface area contributed by atoms with E-state index in [0.717, 1.165) is 38.6 Å². The number of likely N-dealkylation sites (N-methyl/N-ethyl adjacent to an activating group) is 1. The van der Waals surface area contributed by atoms with Gasteiger partial charge < -0.3 is 9.64 Å². The number of hydrogen-bond donors (Lipinski definition) is 0. The zero-order valence-electron chi connectivity index (χ0n) is 8.79. The van der Waals surface area contributed by atoms with Crippen molar-refractivity contribution in [3.05, 3.63) is 0 Å². The van der Waals surface area contributed by atoms with E-state index in [4.69, 9.17) is 4.74 Å². The Labute approximate surface area is 80.2 Å². The van der Waals surface area contributed by atoms with E-state index in [2.05, 4.69) is 21.8 Å². The van der Waals surface area contributed by atoms with Gasteiger partial charge in [-0.05, 0) is 7.05 Å². The number of hydrogen-bond acceptors (Lipinski definition) is 4. The fraction of sp³-hybridized carbons (Fsp3) is 0.889. The van der Waals surface area contributed by atoms with Gasteiger partial charge in [-0.25, -0.2) is 0 Å². The van der Waals surface area contributed by atoms with Crippen molar-refractivity contribution >= 4 is 5.90 Å². The highest BCUT2D eigenvalue weighted by atomic mass is 16.5. The first-order valence-corrected chi connectivity index (χ1v) is 4.67. The van der Waals surface area contributed by atoms with E-state index in [1.165, 1.54) is 0 Å². The lowest BCUT2D eigenvalue weighted by Crippen LogP contribution is -2.46. The lowest BCUT2D eigenvalue weighted by atomic mass is 10.3. The molecule has 1 fully saturated rings. The minimum absolute atomic E-state index is 0.824. The van der Waals surface area contributed by atoms with Crippen molar-refractivity contribution in [1.29, 1.82) is 0 Å². The SMILES string of the molecule is C/N=C(/CN1CCN(C)CC1)OC. The molecule has 4 nitrogen and oxygen atoms in total. The topological polar surface area (TPSA) is 28.1 Å². The van der Waals surface area contributed by atoms with Gasteiger partial charge in [0.25, 0.3) is 0 Å².